The summed E-state index contributed by atoms with van der Waals surface area (Å²) in [6.45, 7) is 4.86. The number of rotatable bonds is 6. The average molecular weight is 690 g/mol. The van der Waals surface area contributed by atoms with Crippen LogP contribution in [0.3, 0.4) is 0 Å². The van der Waals surface area contributed by atoms with Crippen molar-refractivity contribution in [3.63, 3.8) is 0 Å². The van der Waals surface area contributed by atoms with Crippen molar-refractivity contribution < 1.29 is 28.7 Å². The summed E-state index contributed by atoms with van der Waals surface area (Å²) in [4.78, 5) is 69.7. The average Bonchev–Trinajstić information content (AvgIpc) is 3.61. The molecule has 2 aliphatic rings. The van der Waals surface area contributed by atoms with Gasteiger partial charge in [0.15, 0.2) is 0 Å². The zero-order chi connectivity index (χ0) is 35.9. The molecular formula is C39H55N5O6. The van der Waals surface area contributed by atoms with Crippen molar-refractivity contribution in [2.45, 2.75) is 115 Å². The molecular weight excluding hydrogens is 634 g/mol. The van der Waals surface area contributed by atoms with Crippen LogP contribution in [0.4, 0.5) is 0 Å². The Morgan fingerprint density at radius 1 is 0.840 bits per heavy atom. The number of para-hydroxylation sites is 1. The second kappa shape index (κ2) is 19.7. The van der Waals surface area contributed by atoms with Gasteiger partial charge in [-0.2, -0.15) is 0 Å². The lowest BCUT2D eigenvalue weighted by molar-refractivity contribution is -0.136. The monoisotopic (exact) mass is 689 g/mol. The molecule has 0 radical (unpaired) electrons. The molecule has 0 bridgehead atoms. The van der Waals surface area contributed by atoms with Gasteiger partial charge in [0, 0.05) is 32.5 Å². The Kier molecular flexibility index (Phi) is 15.1. The Morgan fingerprint density at radius 2 is 1.54 bits per heavy atom. The maximum absolute atomic E-state index is 13.8. The number of fused-ring (bicyclic) bond motifs is 1. The molecule has 1 saturated carbocycles. The van der Waals surface area contributed by atoms with Crippen LogP contribution in [0, 0.1) is 5.92 Å². The largest absolute Gasteiger partial charge is 0.493 e. The van der Waals surface area contributed by atoms with E-state index >= 15 is 0 Å². The first-order valence-corrected chi connectivity index (χ1v) is 18.3. The third-order valence-electron chi connectivity index (χ3n) is 9.39. The third kappa shape index (κ3) is 12.2. The van der Waals surface area contributed by atoms with Gasteiger partial charge < -0.3 is 30.9 Å². The smallest absolute Gasteiger partial charge is 0.255 e. The van der Waals surface area contributed by atoms with Crippen LogP contribution in [0.5, 0.6) is 5.75 Å². The number of benzene rings is 2. The van der Waals surface area contributed by atoms with Crippen molar-refractivity contribution in [1.29, 1.82) is 0 Å². The SMILES string of the molecule is CC(C)C[C@@H]1NC(=O)CC[C@@H](C(=O)NC2CCCC2)NC(=O)c2ccccc2OCCCCCCN(C)C(=O)[C@H](Cc2ccccc2)NC1=O. The lowest BCUT2D eigenvalue weighted by Crippen LogP contribution is -2.55. The zero-order valence-electron chi connectivity index (χ0n) is 29.9. The number of amides is 5. The van der Waals surface area contributed by atoms with Gasteiger partial charge in [-0.3, -0.25) is 24.0 Å². The van der Waals surface area contributed by atoms with Crippen molar-refractivity contribution in [3.8, 4) is 5.75 Å². The van der Waals surface area contributed by atoms with Crippen LogP contribution < -0.4 is 26.0 Å². The topological polar surface area (TPSA) is 146 Å². The minimum atomic E-state index is -0.972. The van der Waals surface area contributed by atoms with Crippen molar-refractivity contribution in [3.05, 3.63) is 65.7 Å². The van der Waals surface area contributed by atoms with Gasteiger partial charge in [-0.15, -0.1) is 0 Å². The maximum Gasteiger partial charge on any atom is 0.255 e. The van der Waals surface area contributed by atoms with Gasteiger partial charge in [0.2, 0.25) is 23.6 Å². The Labute approximate surface area is 296 Å². The molecule has 1 aliphatic carbocycles. The summed E-state index contributed by atoms with van der Waals surface area (Å²) in [5.41, 5.74) is 1.23. The number of nitrogens with one attached hydrogen (secondary N) is 4. The molecule has 1 aliphatic heterocycles. The highest BCUT2D eigenvalue weighted by atomic mass is 16.5. The van der Waals surface area contributed by atoms with Gasteiger partial charge in [-0.25, -0.2) is 0 Å². The van der Waals surface area contributed by atoms with Crippen LogP contribution in [0.15, 0.2) is 54.6 Å². The molecule has 4 N–H and O–H groups in total. The van der Waals surface area contributed by atoms with E-state index in [1.165, 1.54) is 0 Å². The summed E-state index contributed by atoms with van der Waals surface area (Å²) < 4.78 is 6.02. The molecule has 2 aromatic rings. The molecule has 2 aromatic carbocycles. The van der Waals surface area contributed by atoms with E-state index in [-0.39, 0.29) is 36.6 Å². The van der Waals surface area contributed by atoms with Gasteiger partial charge in [0.25, 0.3) is 5.91 Å². The maximum atomic E-state index is 13.8. The van der Waals surface area contributed by atoms with E-state index in [2.05, 4.69) is 21.3 Å². The van der Waals surface area contributed by atoms with E-state index < -0.39 is 35.8 Å². The van der Waals surface area contributed by atoms with Crippen molar-refractivity contribution in [2.75, 3.05) is 20.2 Å². The number of carbonyl (C=O) groups excluding carboxylic acids is 5. The van der Waals surface area contributed by atoms with Crippen molar-refractivity contribution >= 4 is 29.5 Å². The Balaban J connectivity index is 1.57. The summed E-state index contributed by atoms with van der Waals surface area (Å²) in [6.07, 6.45) is 7.71. The molecule has 0 unspecified atom stereocenters. The summed E-state index contributed by atoms with van der Waals surface area (Å²) >= 11 is 0. The predicted octanol–water partition coefficient (Wildman–Crippen LogP) is 4.29. The van der Waals surface area contributed by atoms with Crippen LogP contribution in [-0.4, -0.2) is 78.8 Å². The van der Waals surface area contributed by atoms with E-state index in [0.29, 0.717) is 37.3 Å². The minimum Gasteiger partial charge on any atom is -0.493 e. The number of likely N-dealkylation sites (N-methyl/N-ethyl adjacent to an activating group) is 1. The molecule has 0 spiro atoms. The summed E-state index contributed by atoms with van der Waals surface area (Å²) in [5, 5.41) is 11.7. The van der Waals surface area contributed by atoms with Crippen LogP contribution in [-0.2, 0) is 25.6 Å². The second-order valence-corrected chi connectivity index (χ2v) is 14.1. The summed E-state index contributed by atoms with van der Waals surface area (Å²) in [6, 6.07) is 13.8. The van der Waals surface area contributed by atoms with E-state index in [4.69, 9.17) is 4.74 Å². The first kappa shape index (κ1) is 38.4. The Bertz CT molecular complexity index is 1430. The Morgan fingerprint density at radius 3 is 2.28 bits per heavy atom. The van der Waals surface area contributed by atoms with E-state index in [1.807, 2.05) is 44.2 Å². The van der Waals surface area contributed by atoms with Gasteiger partial charge in [0.1, 0.15) is 23.9 Å². The fourth-order valence-corrected chi connectivity index (χ4v) is 6.59. The molecule has 11 heteroatoms. The third-order valence-corrected chi connectivity index (χ3v) is 9.39. The Hall–Kier alpha value is -4.41. The molecule has 5 amide bonds. The van der Waals surface area contributed by atoms with Crippen LogP contribution in [0.25, 0.3) is 0 Å². The molecule has 1 fully saturated rings. The lowest BCUT2D eigenvalue weighted by Gasteiger charge is -2.28. The molecule has 1 heterocycles. The van der Waals surface area contributed by atoms with Crippen LogP contribution in [0.2, 0.25) is 0 Å². The predicted molar refractivity (Wildman–Crippen MR) is 192 cm³/mol. The zero-order valence-corrected chi connectivity index (χ0v) is 29.9. The van der Waals surface area contributed by atoms with Crippen LogP contribution in [0.1, 0.15) is 100 Å². The van der Waals surface area contributed by atoms with Crippen molar-refractivity contribution in [2.24, 2.45) is 5.92 Å². The fourth-order valence-electron chi connectivity index (χ4n) is 6.59. The number of carbonyl (C=O) groups is 5. The van der Waals surface area contributed by atoms with E-state index in [9.17, 15) is 24.0 Å². The molecule has 0 saturated heterocycles. The molecule has 11 nitrogen and oxygen atoms in total. The summed E-state index contributed by atoms with van der Waals surface area (Å²) in [5.74, 6) is -1.34. The fraction of sp³-hybridized carbons (Fsp3) is 0.564. The van der Waals surface area contributed by atoms with E-state index in [0.717, 1.165) is 56.9 Å². The van der Waals surface area contributed by atoms with Crippen LogP contribution >= 0.6 is 0 Å². The van der Waals surface area contributed by atoms with Gasteiger partial charge in [-0.1, -0.05) is 82.0 Å². The number of nitrogens with zero attached hydrogens (tertiary/aromatic N) is 1. The second-order valence-electron chi connectivity index (χ2n) is 14.1. The first-order chi connectivity index (χ1) is 24.1. The molecule has 50 heavy (non-hydrogen) atoms. The lowest BCUT2D eigenvalue weighted by atomic mass is 10.00. The highest BCUT2D eigenvalue weighted by molar-refractivity contribution is 6.00. The molecule has 272 valence electrons. The van der Waals surface area contributed by atoms with E-state index in [1.54, 1.807) is 36.2 Å². The standard InChI is InChI=1S/C39H55N5O6/c1-27(2)25-32-38(48)43-33(26-28-15-7-6-8-16-28)39(49)44(3)23-13-4-5-14-24-50-34-20-12-11-19-30(34)36(46)42-31(21-22-35(45)41-32)37(47)40-29-17-9-10-18-29/h6-8,11-12,15-16,19-20,27,29,31-33H,4-5,9-10,13-14,17-18,21-26H2,1-3H3,(H,40,47)(H,41,45)(H,42,46)(H,43,48)/t31-,32-,33-/m0/s1. The minimum absolute atomic E-state index is 0.0305. The highest BCUT2D eigenvalue weighted by Gasteiger charge is 2.31. The first-order valence-electron chi connectivity index (χ1n) is 18.3. The molecule has 4 rings (SSSR count). The molecule has 0 aromatic heterocycles. The van der Waals surface area contributed by atoms with Gasteiger partial charge in [-0.05, 0) is 62.1 Å². The molecule has 3 atom stereocenters. The number of hydrogen-bond acceptors (Lipinski definition) is 6. The summed E-state index contributed by atoms with van der Waals surface area (Å²) in [7, 11) is 1.75. The van der Waals surface area contributed by atoms with Gasteiger partial charge in [0.05, 0.1) is 12.2 Å². The number of hydrogen-bond donors (Lipinski definition) is 4. The quantitative estimate of drug-likeness (QED) is 0.356. The normalized spacial score (nSPS) is 22.6. The van der Waals surface area contributed by atoms with Crippen molar-refractivity contribution in [1.82, 2.24) is 26.2 Å². The number of ether oxygens (including phenoxy) is 1. The highest BCUT2D eigenvalue weighted by Crippen LogP contribution is 2.21. The van der Waals surface area contributed by atoms with Gasteiger partial charge >= 0.3 is 0 Å².